The summed E-state index contributed by atoms with van der Waals surface area (Å²) in [4.78, 5) is 19.3. The van der Waals surface area contributed by atoms with Crippen molar-refractivity contribution in [2.24, 2.45) is 0 Å². The molecule has 0 radical (unpaired) electrons. The van der Waals surface area contributed by atoms with Gasteiger partial charge in [0.1, 0.15) is 0 Å². The summed E-state index contributed by atoms with van der Waals surface area (Å²) in [6, 6.07) is -0.0233. The number of aryl methyl sites for hydroxylation is 4. The highest BCUT2D eigenvalue weighted by Crippen LogP contribution is 2.14. The fourth-order valence-corrected chi connectivity index (χ4v) is 3.29. The van der Waals surface area contributed by atoms with E-state index in [1.807, 2.05) is 33.3 Å². The predicted octanol–water partition coefficient (Wildman–Crippen LogP) is 2.61. The minimum absolute atomic E-state index is 0.0233. The molecular weight excluding hydrogens is 310 g/mol. The van der Waals surface area contributed by atoms with Crippen LogP contribution in [0.1, 0.15) is 33.9 Å². The zero-order valence-electron chi connectivity index (χ0n) is 14.3. The van der Waals surface area contributed by atoms with Crippen molar-refractivity contribution in [2.45, 2.75) is 40.0 Å². The second-order valence-electron chi connectivity index (χ2n) is 5.78. The van der Waals surface area contributed by atoms with E-state index in [4.69, 9.17) is 0 Å². The van der Waals surface area contributed by atoms with Crippen LogP contribution in [0.3, 0.4) is 0 Å². The highest BCUT2D eigenvalue weighted by molar-refractivity contribution is 7.09. The Morgan fingerprint density at radius 3 is 2.70 bits per heavy atom. The first-order valence-corrected chi connectivity index (χ1v) is 8.75. The van der Waals surface area contributed by atoms with Crippen LogP contribution >= 0.6 is 11.3 Å². The van der Waals surface area contributed by atoms with Gasteiger partial charge in [0, 0.05) is 30.7 Å². The molecular formula is C16H25N5OS. The number of nitrogens with zero attached hydrogens (tertiary/aromatic N) is 3. The summed E-state index contributed by atoms with van der Waals surface area (Å²) in [5.41, 5.74) is 6.26. The van der Waals surface area contributed by atoms with E-state index in [2.05, 4.69) is 20.5 Å². The van der Waals surface area contributed by atoms with Crippen LogP contribution in [0.2, 0.25) is 0 Å². The van der Waals surface area contributed by atoms with Gasteiger partial charge in [-0.25, -0.2) is 9.78 Å². The molecule has 2 rings (SSSR count). The molecule has 0 aliphatic heterocycles. The van der Waals surface area contributed by atoms with Gasteiger partial charge < -0.3 is 10.2 Å². The van der Waals surface area contributed by atoms with Gasteiger partial charge >= 0.3 is 6.03 Å². The number of carbonyl (C=O) groups is 1. The monoisotopic (exact) mass is 335 g/mol. The van der Waals surface area contributed by atoms with E-state index in [-0.39, 0.29) is 6.03 Å². The second kappa shape index (κ2) is 8.10. The van der Waals surface area contributed by atoms with Gasteiger partial charge in [-0.1, -0.05) is 0 Å². The number of urea groups is 1. The lowest BCUT2D eigenvalue weighted by Gasteiger charge is -2.18. The van der Waals surface area contributed by atoms with Gasteiger partial charge in [-0.15, -0.1) is 11.3 Å². The minimum atomic E-state index is -0.0233. The number of hydrogen-bond donors (Lipinski definition) is 2. The molecule has 2 N–H and O–H groups in total. The number of amides is 2. The Balaban J connectivity index is 1.68. The molecule has 6 nitrogen and oxygen atoms in total. The quantitative estimate of drug-likeness (QED) is 0.764. The molecule has 126 valence electrons. The number of thiazole rings is 1. The molecule has 0 aliphatic rings. The fourth-order valence-electron chi connectivity index (χ4n) is 2.47. The molecule has 0 atom stereocenters. The third-order valence-corrected chi connectivity index (χ3v) is 5.02. The minimum Gasteiger partial charge on any atom is -0.338 e. The molecule has 0 aliphatic carbocycles. The molecule has 0 bridgehead atoms. The number of hydrogen-bond acceptors (Lipinski definition) is 4. The molecule has 0 unspecified atom stereocenters. The molecule has 2 aromatic rings. The molecule has 0 spiro atoms. The lowest BCUT2D eigenvalue weighted by atomic mass is 10.1. The van der Waals surface area contributed by atoms with Crippen LogP contribution in [0.4, 0.5) is 4.79 Å². The normalized spacial score (nSPS) is 10.8. The van der Waals surface area contributed by atoms with Crippen molar-refractivity contribution in [1.29, 1.82) is 0 Å². The largest absolute Gasteiger partial charge is 0.338 e. The van der Waals surface area contributed by atoms with E-state index in [0.717, 1.165) is 36.3 Å². The smallest absolute Gasteiger partial charge is 0.317 e. The van der Waals surface area contributed by atoms with Gasteiger partial charge in [-0.05, 0) is 45.6 Å². The maximum atomic E-state index is 12.1. The summed E-state index contributed by atoms with van der Waals surface area (Å²) in [5.74, 6) is 0. The molecule has 2 amide bonds. The summed E-state index contributed by atoms with van der Waals surface area (Å²) in [6.07, 6.45) is 2.72. The number of rotatable bonds is 7. The van der Waals surface area contributed by atoms with Gasteiger partial charge in [0.15, 0.2) is 0 Å². The Morgan fingerprint density at radius 2 is 2.09 bits per heavy atom. The second-order valence-corrected chi connectivity index (χ2v) is 6.72. The maximum Gasteiger partial charge on any atom is 0.317 e. The third-order valence-electron chi connectivity index (χ3n) is 4.03. The van der Waals surface area contributed by atoms with Crippen LogP contribution in [-0.2, 0) is 12.8 Å². The van der Waals surface area contributed by atoms with Gasteiger partial charge in [-0.2, -0.15) is 5.10 Å². The molecule has 0 saturated carbocycles. The Morgan fingerprint density at radius 1 is 1.30 bits per heavy atom. The number of carbonyl (C=O) groups excluding carboxylic acids is 1. The molecule has 23 heavy (non-hydrogen) atoms. The van der Waals surface area contributed by atoms with Gasteiger partial charge in [0.05, 0.1) is 16.9 Å². The predicted molar refractivity (Wildman–Crippen MR) is 93.0 cm³/mol. The molecule has 0 aromatic carbocycles. The molecule has 2 heterocycles. The van der Waals surface area contributed by atoms with Crippen LogP contribution in [0, 0.1) is 20.8 Å². The van der Waals surface area contributed by atoms with Gasteiger partial charge in [0.2, 0.25) is 0 Å². The molecule has 2 aromatic heterocycles. The number of aromatic nitrogens is 3. The van der Waals surface area contributed by atoms with E-state index in [9.17, 15) is 4.79 Å². The summed E-state index contributed by atoms with van der Waals surface area (Å²) in [5, 5.41) is 10.1. The van der Waals surface area contributed by atoms with Gasteiger partial charge in [-0.3, -0.25) is 5.10 Å². The zero-order valence-corrected chi connectivity index (χ0v) is 15.1. The van der Waals surface area contributed by atoms with E-state index < -0.39 is 0 Å². The van der Waals surface area contributed by atoms with Gasteiger partial charge in [0.25, 0.3) is 0 Å². The van der Waals surface area contributed by atoms with Crippen molar-refractivity contribution in [3.8, 4) is 0 Å². The van der Waals surface area contributed by atoms with Crippen molar-refractivity contribution < 1.29 is 4.79 Å². The Hall–Kier alpha value is -1.89. The molecule has 7 heteroatoms. The van der Waals surface area contributed by atoms with E-state index in [1.165, 1.54) is 10.4 Å². The van der Waals surface area contributed by atoms with Crippen molar-refractivity contribution in [1.82, 2.24) is 25.4 Å². The van der Waals surface area contributed by atoms with E-state index in [0.29, 0.717) is 13.1 Å². The fraction of sp³-hybridized carbons (Fsp3) is 0.562. The topological polar surface area (TPSA) is 73.9 Å². The average molecular weight is 335 g/mol. The Labute approximate surface area is 141 Å². The molecule has 0 saturated heterocycles. The van der Waals surface area contributed by atoms with Crippen LogP contribution in [0.5, 0.6) is 0 Å². The Bertz CT molecular complexity index is 629. The summed E-state index contributed by atoms with van der Waals surface area (Å²) >= 11 is 1.68. The van der Waals surface area contributed by atoms with Crippen molar-refractivity contribution in [3.05, 3.63) is 33.0 Å². The van der Waals surface area contributed by atoms with Crippen LogP contribution < -0.4 is 5.32 Å². The van der Waals surface area contributed by atoms with E-state index >= 15 is 0 Å². The van der Waals surface area contributed by atoms with E-state index in [1.54, 1.807) is 16.2 Å². The number of nitrogens with one attached hydrogen (secondary N) is 2. The van der Waals surface area contributed by atoms with Crippen molar-refractivity contribution >= 4 is 17.4 Å². The van der Waals surface area contributed by atoms with Crippen LogP contribution in [0.15, 0.2) is 5.51 Å². The maximum absolute atomic E-state index is 12.1. The lowest BCUT2D eigenvalue weighted by molar-refractivity contribution is 0.209. The summed E-state index contributed by atoms with van der Waals surface area (Å²) in [7, 11) is 1.83. The summed E-state index contributed by atoms with van der Waals surface area (Å²) in [6.45, 7) is 7.39. The van der Waals surface area contributed by atoms with Crippen LogP contribution in [-0.4, -0.2) is 46.2 Å². The third kappa shape index (κ3) is 4.79. The van der Waals surface area contributed by atoms with Crippen molar-refractivity contribution in [2.75, 3.05) is 20.1 Å². The molecule has 0 fully saturated rings. The van der Waals surface area contributed by atoms with Crippen molar-refractivity contribution in [3.63, 3.8) is 0 Å². The zero-order chi connectivity index (χ0) is 16.8. The number of H-pyrrole nitrogens is 1. The standard InChI is InChI=1S/C16H25N5OS/c1-11-14(12(2)20-19-11)7-9-21(4)16(22)17-8-5-6-15-13(3)18-10-23-15/h10H,5-9H2,1-4H3,(H,17,22)(H,19,20). The first kappa shape index (κ1) is 17.5. The summed E-state index contributed by atoms with van der Waals surface area (Å²) < 4.78 is 0. The van der Waals surface area contributed by atoms with Crippen LogP contribution in [0.25, 0.3) is 0 Å². The first-order valence-electron chi connectivity index (χ1n) is 7.87. The number of likely N-dealkylation sites (N-methyl/N-ethyl adjacent to an activating group) is 1. The Kier molecular flexibility index (Phi) is 6.15. The SMILES string of the molecule is Cc1ncsc1CCCNC(=O)N(C)CCc1c(C)n[nH]c1C. The first-order chi connectivity index (χ1) is 11.0. The highest BCUT2D eigenvalue weighted by atomic mass is 32.1. The highest BCUT2D eigenvalue weighted by Gasteiger charge is 2.11. The lowest BCUT2D eigenvalue weighted by Crippen LogP contribution is -2.38. The number of aromatic amines is 1. The average Bonchev–Trinajstić information content (AvgIpc) is 3.07.